The first kappa shape index (κ1) is 19.8. The molecule has 148 valence electrons. The lowest BCUT2D eigenvalue weighted by atomic mass is 9.84. The van der Waals surface area contributed by atoms with E-state index in [2.05, 4.69) is 5.32 Å². The molecular weight excluding hydrogens is 352 g/mol. The second-order valence-electron chi connectivity index (χ2n) is 8.03. The van der Waals surface area contributed by atoms with Gasteiger partial charge in [0.1, 0.15) is 0 Å². The number of thioether (sulfide) groups is 1. The molecule has 1 heterocycles. The van der Waals surface area contributed by atoms with Gasteiger partial charge in [-0.15, -0.1) is 0 Å². The molecule has 1 saturated heterocycles. The molecule has 26 heavy (non-hydrogen) atoms. The van der Waals surface area contributed by atoms with Crippen LogP contribution in [0.4, 0.5) is 4.79 Å². The number of carbonyl (C=O) groups is 2. The molecule has 0 spiro atoms. The highest BCUT2D eigenvalue weighted by Gasteiger charge is 2.46. The molecule has 6 nitrogen and oxygen atoms in total. The maximum absolute atomic E-state index is 12.3. The van der Waals surface area contributed by atoms with Gasteiger partial charge >= 0.3 is 12.0 Å². The summed E-state index contributed by atoms with van der Waals surface area (Å²) in [5.41, 5.74) is 0. The molecule has 3 rings (SSSR count). The fourth-order valence-electron chi connectivity index (χ4n) is 4.76. The van der Waals surface area contributed by atoms with Gasteiger partial charge in [0.05, 0.1) is 18.2 Å². The number of nitrogens with zero attached hydrogens (tertiary/aromatic N) is 1. The van der Waals surface area contributed by atoms with Crippen LogP contribution >= 0.6 is 11.8 Å². The SMILES string of the molecule is O=C(O)CCCS[C@H]1CC2NC(=O)N(CCC(O)C3CCCCC3)C2C1. The molecular formula is C19H32N2O4S. The Hall–Kier alpha value is -0.950. The van der Waals surface area contributed by atoms with E-state index in [4.69, 9.17) is 5.11 Å². The molecule has 0 radical (unpaired) electrons. The summed E-state index contributed by atoms with van der Waals surface area (Å²) < 4.78 is 0. The highest BCUT2D eigenvalue weighted by molar-refractivity contribution is 7.99. The van der Waals surface area contributed by atoms with Gasteiger partial charge in [0, 0.05) is 18.2 Å². The Morgan fingerprint density at radius 1 is 1.27 bits per heavy atom. The molecule has 1 aliphatic heterocycles. The lowest BCUT2D eigenvalue weighted by molar-refractivity contribution is -0.137. The lowest BCUT2D eigenvalue weighted by Crippen LogP contribution is -2.38. The van der Waals surface area contributed by atoms with Crippen LogP contribution in [0.5, 0.6) is 0 Å². The van der Waals surface area contributed by atoms with E-state index in [1.165, 1.54) is 19.3 Å². The maximum Gasteiger partial charge on any atom is 0.318 e. The molecule has 7 heteroatoms. The van der Waals surface area contributed by atoms with Crippen LogP contribution in [0.3, 0.4) is 0 Å². The Labute approximate surface area is 160 Å². The minimum absolute atomic E-state index is 0.0187. The van der Waals surface area contributed by atoms with Crippen molar-refractivity contribution in [2.75, 3.05) is 12.3 Å². The largest absolute Gasteiger partial charge is 0.481 e. The van der Waals surface area contributed by atoms with Gasteiger partial charge < -0.3 is 20.4 Å². The van der Waals surface area contributed by atoms with Gasteiger partial charge in [0.25, 0.3) is 0 Å². The number of aliphatic hydroxyl groups is 1. The first-order chi connectivity index (χ1) is 12.5. The number of carboxylic acids is 1. The van der Waals surface area contributed by atoms with Crippen molar-refractivity contribution >= 4 is 23.8 Å². The van der Waals surface area contributed by atoms with E-state index in [1.54, 1.807) is 0 Å². The normalized spacial score (nSPS) is 30.3. The number of amides is 2. The molecule has 3 aliphatic rings. The van der Waals surface area contributed by atoms with Crippen LogP contribution in [-0.4, -0.2) is 62.8 Å². The second kappa shape index (κ2) is 9.31. The monoisotopic (exact) mass is 384 g/mol. The van der Waals surface area contributed by atoms with Crippen LogP contribution in [0, 0.1) is 5.92 Å². The van der Waals surface area contributed by atoms with Gasteiger partial charge in [-0.25, -0.2) is 4.79 Å². The average molecular weight is 385 g/mol. The number of fused-ring (bicyclic) bond motifs is 1. The Morgan fingerprint density at radius 3 is 2.77 bits per heavy atom. The molecule has 3 fully saturated rings. The molecule has 2 amide bonds. The fraction of sp³-hybridized carbons (Fsp3) is 0.895. The molecule has 0 aromatic heterocycles. The number of carbonyl (C=O) groups excluding carboxylic acids is 1. The van der Waals surface area contributed by atoms with Crippen LogP contribution in [0.25, 0.3) is 0 Å². The van der Waals surface area contributed by atoms with E-state index < -0.39 is 5.97 Å². The Morgan fingerprint density at radius 2 is 2.04 bits per heavy atom. The number of hydrogen-bond acceptors (Lipinski definition) is 4. The van der Waals surface area contributed by atoms with E-state index in [1.807, 2.05) is 16.7 Å². The van der Waals surface area contributed by atoms with Crippen molar-refractivity contribution in [3.8, 4) is 0 Å². The van der Waals surface area contributed by atoms with Crippen LogP contribution in [0.2, 0.25) is 0 Å². The maximum atomic E-state index is 12.3. The van der Waals surface area contributed by atoms with Crippen molar-refractivity contribution in [3.63, 3.8) is 0 Å². The summed E-state index contributed by atoms with van der Waals surface area (Å²) in [5.74, 6) is 0.542. The van der Waals surface area contributed by atoms with Crippen LogP contribution in [0.15, 0.2) is 0 Å². The molecule has 0 aromatic carbocycles. The molecule has 2 aliphatic carbocycles. The van der Waals surface area contributed by atoms with Gasteiger partial charge in [-0.1, -0.05) is 19.3 Å². The first-order valence-corrected chi connectivity index (χ1v) is 11.2. The Bertz CT molecular complexity index is 498. The summed E-state index contributed by atoms with van der Waals surface area (Å²) in [6.07, 6.45) is 9.23. The van der Waals surface area contributed by atoms with E-state index in [-0.39, 0.29) is 30.6 Å². The summed E-state index contributed by atoms with van der Waals surface area (Å²) >= 11 is 1.84. The summed E-state index contributed by atoms with van der Waals surface area (Å²) in [7, 11) is 0. The van der Waals surface area contributed by atoms with Crippen molar-refractivity contribution in [2.45, 2.75) is 87.6 Å². The lowest BCUT2D eigenvalue weighted by Gasteiger charge is -2.29. The standard InChI is InChI=1S/C19H32N2O4S/c22-17(13-5-2-1-3-6-13)8-9-21-16-12-14(11-15(16)20-19(21)25)26-10-4-7-18(23)24/h13-17,22H,1-12H2,(H,20,25)(H,23,24)/t14-,15?,16?,17?/m0/s1. The van der Waals surface area contributed by atoms with E-state index in [0.29, 0.717) is 30.6 Å². The second-order valence-corrected chi connectivity index (χ2v) is 9.44. The minimum Gasteiger partial charge on any atom is -0.481 e. The van der Waals surface area contributed by atoms with Gasteiger partial charge in [0.15, 0.2) is 0 Å². The van der Waals surface area contributed by atoms with Crippen LogP contribution in [0.1, 0.15) is 64.2 Å². The van der Waals surface area contributed by atoms with Crippen LogP contribution < -0.4 is 5.32 Å². The summed E-state index contributed by atoms with van der Waals surface area (Å²) in [6.45, 7) is 0.640. The predicted molar refractivity (Wildman–Crippen MR) is 102 cm³/mol. The quantitative estimate of drug-likeness (QED) is 0.532. The average Bonchev–Trinajstić information content (AvgIpc) is 3.14. The number of aliphatic carboxylic acids is 1. The number of urea groups is 1. The molecule has 2 saturated carbocycles. The minimum atomic E-state index is -0.733. The zero-order valence-electron chi connectivity index (χ0n) is 15.4. The number of aliphatic hydroxyl groups excluding tert-OH is 1. The van der Waals surface area contributed by atoms with Crippen molar-refractivity contribution < 1.29 is 19.8 Å². The molecule has 0 aromatic rings. The summed E-state index contributed by atoms with van der Waals surface area (Å²) in [6, 6.07) is 0.467. The number of hydrogen-bond donors (Lipinski definition) is 3. The first-order valence-electron chi connectivity index (χ1n) is 10.1. The highest BCUT2D eigenvalue weighted by Crippen LogP contribution is 2.37. The summed E-state index contributed by atoms with van der Waals surface area (Å²) in [4.78, 5) is 24.8. The summed E-state index contributed by atoms with van der Waals surface area (Å²) in [5, 5.41) is 22.8. The predicted octanol–water partition coefficient (Wildman–Crippen LogP) is 2.84. The van der Waals surface area contributed by atoms with Gasteiger partial charge in [-0.05, 0) is 50.2 Å². The van der Waals surface area contributed by atoms with Gasteiger partial charge in [-0.3, -0.25) is 4.79 Å². The molecule has 0 bridgehead atoms. The number of nitrogens with one attached hydrogen (secondary N) is 1. The van der Waals surface area contributed by atoms with E-state index in [0.717, 1.165) is 31.4 Å². The Kier molecular flexibility index (Phi) is 7.09. The van der Waals surface area contributed by atoms with Crippen molar-refractivity contribution in [2.24, 2.45) is 5.92 Å². The number of carboxylic acid groups (broad SMARTS) is 1. The molecule has 3 unspecified atom stereocenters. The third kappa shape index (κ3) is 5.06. The van der Waals surface area contributed by atoms with Crippen molar-refractivity contribution in [1.29, 1.82) is 0 Å². The topological polar surface area (TPSA) is 89.9 Å². The van der Waals surface area contributed by atoms with E-state index >= 15 is 0 Å². The van der Waals surface area contributed by atoms with Gasteiger partial charge in [-0.2, -0.15) is 11.8 Å². The smallest absolute Gasteiger partial charge is 0.318 e. The van der Waals surface area contributed by atoms with Crippen LogP contribution in [-0.2, 0) is 4.79 Å². The zero-order chi connectivity index (χ0) is 18.5. The fourth-order valence-corrected chi connectivity index (χ4v) is 6.09. The van der Waals surface area contributed by atoms with Crippen molar-refractivity contribution in [1.82, 2.24) is 10.2 Å². The number of rotatable bonds is 9. The van der Waals surface area contributed by atoms with E-state index in [9.17, 15) is 14.7 Å². The molecule has 3 N–H and O–H groups in total. The third-order valence-electron chi connectivity index (χ3n) is 6.20. The molecule has 4 atom stereocenters. The zero-order valence-corrected chi connectivity index (χ0v) is 16.3. The third-order valence-corrected chi connectivity index (χ3v) is 7.58. The highest BCUT2D eigenvalue weighted by atomic mass is 32.2. The van der Waals surface area contributed by atoms with Crippen molar-refractivity contribution in [3.05, 3.63) is 0 Å². The van der Waals surface area contributed by atoms with Gasteiger partial charge in [0.2, 0.25) is 0 Å². The Balaban J connectivity index is 1.42.